The monoisotopic (exact) mass is 1250 g/mol. The molecule has 88 heavy (non-hydrogen) atoms. The fraction of sp³-hybridized carbons (Fsp3) is 0.973. The van der Waals surface area contributed by atoms with Crippen LogP contribution in [0.3, 0.4) is 0 Å². The van der Waals surface area contributed by atoms with Crippen LogP contribution >= 0.6 is 0 Å². The van der Waals surface area contributed by atoms with Crippen LogP contribution in [-0.4, -0.2) is 141 Å². The predicted molar refractivity (Wildman–Crippen MR) is 364 cm³/mol. The predicted octanol–water partition coefficient (Wildman–Crippen LogP) is 19.4. The Balaban J connectivity index is 2.05. The van der Waals surface area contributed by atoms with Crippen molar-refractivity contribution in [1.29, 1.82) is 0 Å². The third kappa shape index (κ3) is 55.8. The molecular weight excluding hydrogens is 1110 g/mol. The summed E-state index contributed by atoms with van der Waals surface area (Å²) in [6.45, 7) is 21.7. The summed E-state index contributed by atoms with van der Waals surface area (Å²) in [5, 5.41) is 2.90. The number of unbranched alkanes of at least 4 members (excludes halogenated alkanes) is 36. The Labute approximate surface area is 542 Å². The van der Waals surface area contributed by atoms with E-state index in [0.717, 1.165) is 88.4 Å². The van der Waals surface area contributed by atoms with Crippen molar-refractivity contribution in [3.63, 3.8) is 0 Å². The van der Waals surface area contributed by atoms with E-state index in [4.69, 9.17) is 42.6 Å². The topological polar surface area (TPSA) is 149 Å². The molecule has 1 rings (SSSR count). The van der Waals surface area contributed by atoms with Crippen molar-refractivity contribution in [3.05, 3.63) is 4.91 Å². The average Bonchev–Trinajstić information content (AvgIpc) is 1.72. The summed E-state index contributed by atoms with van der Waals surface area (Å²) in [5.41, 5.74) is 0. The van der Waals surface area contributed by atoms with E-state index in [-0.39, 0.29) is 25.1 Å². The molecule has 0 radical (unpaired) electrons. The lowest BCUT2D eigenvalue weighted by molar-refractivity contribution is -0.551. The van der Waals surface area contributed by atoms with Crippen LogP contribution in [0.1, 0.15) is 324 Å². The van der Waals surface area contributed by atoms with Crippen molar-refractivity contribution in [2.24, 2.45) is 17.8 Å². The number of ether oxygens (including phenoxy) is 9. The summed E-state index contributed by atoms with van der Waals surface area (Å²) in [4.78, 5) is 37.4. The minimum atomic E-state index is -0.417. The molecule has 0 spiro atoms. The highest BCUT2D eigenvalue weighted by Gasteiger charge is 2.38. The van der Waals surface area contributed by atoms with Gasteiger partial charge in [-0.15, -0.1) is 0 Å². The number of carbonyl (C=O) groups excluding carboxylic acids is 2. The lowest BCUT2D eigenvalue weighted by Crippen LogP contribution is -2.45. The highest BCUT2D eigenvalue weighted by atomic mass is 16.7. The van der Waals surface area contributed by atoms with Gasteiger partial charge in [0.2, 0.25) is 6.54 Å². The number of Topliss-reactive ketones (excluding diaryl/α,β-unsaturated/α-hetero) is 1. The Kier molecular flexibility index (Phi) is 63.8. The molecular formula is C74H145N2O12+. The maximum Gasteiger partial charge on any atom is 0.407 e. The third-order valence-corrected chi connectivity index (χ3v) is 18.2. The summed E-state index contributed by atoms with van der Waals surface area (Å²) >= 11 is 0. The summed E-state index contributed by atoms with van der Waals surface area (Å²) < 4.78 is 54.0. The van der Waals surface area contributed by atoms with E-state index >= 15 is 0 Å². The van der Waals surface area contributed by atoms with E-state index in [1.54, 1.807) is 0 Å². The van der Waals surface area contributed by atoms with Crippen LogP contribution in [0, 0.1) is 22.7 Å². The number of amides is 1. The first-order valence-electron chi connectivity index (χ1n) is 37.8. The Bertz CT molecular complexity index is 1480. The molecule has 1 amide bonds. The van der Waals surface area contributed by atoms with Gasteiger partial charge in [-0.25, -0.2) is 4.79 Å². The number of nitroso groups, excluding NO2 is 1. The zero-order chi connectivity index (χ0) is 63.7. The lowest BCUT2D eigenvalue weighted by atomic mass is 9.78. The Morgan fingerprint density at radius 2 is 0.795 bits per heavy atom. The van der Waals surface area contributed by atoms with Gasteiger partial charge in [0.15, 0.2) is 12.8 Å². The number of carbonyl (C=O) groups is 2. The molecule has 0 aromatic heterocycles. The van der Waals surface area contributed by atoms with Crippen molar-refractivity contribution in [1.82, 2.24) is 5.32 Å². The molecule has 14 heteroatoms. The number of alkyl carbamates (subject to hydrolysis) is 1. The van der Waals surface area contributed by atoms with Crippen LogP contribution in [0.15, 0.2) is 0 Å². The Morgan fingerprint density at radius 3 is 1.30 bits per heavy atom. The first-order valence-corrected chi connectivity index (χ1v) is 37.8. The van der Waals surface area contributed by atoms with Gasteiger partial charge in [-0.05, 0) is 69.6 Å². The number of nitrogens with zero attached hydrogens (tertiary/aromatic N) is 1. The van der Waals surface area contributed by atoms with Crippen molar-refractivity contribution in [3.8, 4) is 0 Å². The Morgan fingerprint density at radius 1 is 0.398 bits per heavy atom. The van der Waals surface area contributed by atoms with Crippen LogP contribution < -0.4 is 5.32 Å². The first-order chi connectivity index (χ1) is 43.2. The van der Waals surface area contributed by atoms with Crippen molar-refractivity contribution in [2.45, 2.75) is 343 Å². The number of ketones is 1. The largest absolute Gasteiger partial charge is 0.447 e. The highest BCUT2D eigenvalue weighted by Crippen LogP contribution is 2.36. The quantitative estimate of drug-likeness (QED) is 0.0456. The number of rotatable bonds is 71. The van der Waals surface area contributed by atoms with Gasteiger partial charge in [0.05, 0.1) is 52.4 Å². The minimum absolute atomic E-state index is 0.178. The van der Waals surface area contributed by atoms with Crippen LogP contribution in [0.5, 0.6) is 0 Å². The summed E-state index contributed by atoms with van der Waals surface area (Å²) in [6, 6.07) is 0. The molecule has 2 unspecified atom stereocenters. The van der Waals surface area contributed by atoms with E-state index in [2.05, 4.69) is 46.9 Å². The molecule has 1 heterocycles. The van der Waals surface area contributed by atoms with Crippen molar-refractivity contribution in [2.75, 3.05) is 106 Å². The third-order valence-electron chi connectivity index (χ3n) is 18.2. The van der Waals surface area contributed by atoms with Gasteiger partial charge in [0.25, 0.3) is 0 Å². The average molecular weight is 1250 g/mol. The summed E-state index contributed by atoms with van der Waals surface area (Å²) in [5.74, 6) is 1.74. The van der Waals surface area contributed by atoms with Gasteiger partial charge in [0.1, 0.15) is 25.1 Å². The lowest BCUT2D eigenvalue weighted by Gasteiger charge is -2.43. The van der Waals surface area contributed by atoms with E-state index in [1.807, 2.05) is 0 Å². The van der Waals surface area contributed by atoms with Gasteiger partial charge < -0.3 is 47.9 Å². The first kappa shape index (κ1) is 84.2. The molecule has 0 saturated carbocycles. The maximum absolute atomic E-state index is 12.7. The second-order valence-electron chi connectivity index (χ2n) is 26.2. The van der Waals surface area contributed by atoms with Gasteiger partial charge in [-0.2, -0.15) is 0 Å². The molecule has 1 saturated heterocycles. The fourth-order valence-corrected chi connectivity index (χ4v) is 11.8. The van der Waals surface area contributed by atoms with Crippen LogP contribution in [-0.2, 0) is 47.4 Å². The number of nitrogens with one attached hydrogen (secondary N) is 1. The molecule has 522 valence electrons. The molecule has 1 fully saturated rings. The molecule has 0 aromatic rings. The van der Waals surface area contributed by atoms with Gasteiger partial charge in [-0.1, -0.05) is 247 Å². The van der Waals surface area contributed by atoms with E-state index in [0.29, 0.717) is 129 Å². The zero-order valence-corrected chi connectivity index (χ0v) is 58.7. The van der Waals surface area contributed by atoms with Gasteiger partial charge in [-0.3, -0.25) is 4.79 Å². The fourth-order valence-electron chi connectivity index (χ4n) is 11.8. The highest BCUT2D eigenvalue weighted by molar-refractivity contribution is 5.78. The molecule has 1 aliphatic heterocycles. The molecule has 6 atom stereocenters. The van der Waals surface area contributed by atoms with Gasteiger partial charge in [0, 0.05) is 67.8 Å². The number of hydrogen-bond donors (Lipinski definition) is 1. The number of hydrogen-bond acceptors (Lipinski definition) is 12. The van der Waals surface area contributed by atoms with Crippen LogP contribution in [0.25, 0.3) is 0 Å². The molecule has 1 aliphatic rings. The summed E-state index contributed by atoms with van der Waals surface area (Å²) in [6.07, 6.45) is 52.7. The SMILES string of the molecule is CCCCCCCCCCCCCCCCCCOC[C@@H](COC(=O)NCCCCCC(=O)CCCCOCCOCCCCCC[N+](=O)CCOCCOCCO[C@H]1OC(CC)[C@@H](C)[C@H](C)C1C)OCCCCCCCCCCCCCCCCCC. The molecule has 0 aliphatic carbocycles. The van der Waals surface area contributed by atoms with Crippen molar-refractivity contribution >= 4 is 11.9 Å². The van der Waals surface area contributed by atoms with Crippen LogP contribution in [0.4, 0.5) is 4.79 Å². The second kappa shape index (κ2) is 66.7. The summed E-state index contributed by atoms with van der Waals surface area (Å²) in [7, 11) is 0. The van der Waals surface area contributed by atoms with E-state index < -0.39 is 6.09 Å². The maximum atomic E-state index is 12.7. The molecule has 0 aromatic carbocycles. The second-order valence-corrected chi connectivity index (χ2v) is 26.2. The zero-order valence-electron chi connectivity index (χ0n) is 58.7. The standard InChI is InChI=1S/C74H144N2O12/c1-7-10-12-14-16-18-20-22-24-26-28-30-32-34-37-46-56-84-65-71(85-57-47-38-35-33-31-29-27-25-23-21-19-17-15-13-11-8-2)66-87-74(78)75-51-43-40-41-49-70(77)50-42-48-55-81-60-59-80-54-45-39-36-44-52-76(79)53-58-82-61-62-83-63-64-86-73-69(6)67(4)68(5)72(9-3)88-73/h67-69,71-73H,7-66H2,1-6H3/p+1/t67-,68-,69?,71-,72?,73-/m0/s1. The minimum Gasteiger partial charge on any atom is -0.447 e. The van der Waals surface area contributed by atoms with E-state index in [9.17, 15) is 14.5 Å². The van der Waals surface area contributed by atoms with Gasteiger partial charge >= 0.3 is 6.09 Å². The molecule has 14 nitrogen and oxygen atoms in total. The smallest absolute Gasteiger partial charge is 0.407 e. The van der Waals surface area contributed by atoms with E-state index in [1.165, 1.54) is 193 Å². The normalized spacial score (nSPS) is 17.2. The molecule has 0 bridgehead atoms. The van der Waals surface area contributed by atoms with Crippen molar-refractivity contribution < 1.29 is 57.0 Å². The molecule has 1 N–H and O–H groups in total. The van der Waals surface area contributed by atoms with Crippen LogP contribution in [0.2, 0.25) is 0 Å². The Hall–Kier alpha value is -1.78.